The number of hydrogen-bond acceptors (Lipinski definition) is 6. The van der Waals surface area contributed by atoms with Crippen molar-refractivity contribution in [3.05, 3.63) is 59.7 Å². The number of nitrogens with zero attached hydrogens (tertiary/aromatic N) is 2. The quantitative estimate of drug-likeness (QED) is 0.407. The number of anilines is 1. The number of imide groups is 1. The fourth-order valence-corrected chi connectivity index (χ4v) is 6.17. The number of carbonyl (C=O) groups excluding carboxylic acids is 3. The van der Waals surface area contributed by atoms with Crippen LogP contribution >= 0.6 is 0 Å². The number of unbranched alkanes of at least 4 members (excludes halogenated alkanes) is 2. The van der Waals surface area contributed by atoms with Gasteiger partial charge in [0.15, 0.2) is 0 Å². The summed E-state index contributed by atoms with van der Waals surface area (Å²) in [7, 11) is -3.64. The van der Waals surface area contributed by atoms with Crippen LogP contribution in [0, 0.1) is 0 Å². The molecule has 0 unspecified atom stereocenters. The molecule has 0 spiro atoms. The standard InChI is InChI=1S/C26H31N3O6S/c1-18-16-28(17-19(2)35-18)36(33,34)21-13-11-20(12-14-21)27-24(30)10-4-3-7-15-29-25(31)22-8-5-6-9-23(22)26(29)32/h5-6,8-9,11-14,18-19H,3-4,7,10,15-17H2,1-2H3,(H,27,30)/t18-,19-/m1/s1. The number of morpholine rings is 1. The van der Waals surface area contributed by atoms with Gasteiger partial charge in [-0.2, -0.15) is 4.31 Å². The number of benzene rings is 2. The van der Waals surface area contributed by atoms with Crippen LogP contribution in [0.1, 0.15) is 60.2 Å². The van der Waals surface area contributed by atoms with Crippen molar-refractivity contribution in [1.29, 1.82) is 0 Å². The molecule has 2 aromatic rings. The smallest absolute Gasteiger partial charge is 0.261 e. The minimum absolute atomic E-state index is 0.172. The number of fused-ring (bicyclic) bond motifs is 1. The Bertz CT molecular complexity index is 1200. The normalized spacial score (nSPS) is 20.4. The summed E-state index contributed by atoms with van der Waals surface area (Å²) < 4.78 is 33.0. The average molecular weight is 514 g/mol. The summed E-state index contributed by atoms with van der Waals surface area (Å²) in [6, 6.07) is 13.0. The maximum atomic E-state index is 13.0. The van der Waals surface area contributed by atoms with E-state index in [9.17, 15) is 22.8 Å². The van der Waals surface area contributed by atoms with Crippen molar-refractivity contribution in [3.63, 3.8) is 0 Å². The van der Waals surface area contributed by atoms with E-state index in [1.165, 1.54) is 21.3 Å². The maximum absolute atomic E-state index is 13.0. The first kappa shape index (κ1) is 26.0. The summed E-state index contributed by atoms with van der Waals surface area (Å²) in [6.45, 7) is 4.63. The summed E-state index contributed by atoms with van der Waals surface area (Å²) in [4.78, 5) is 38.5. The zero-order valence-electron chi connectivity index (χ0n) is 20.5. The molecule has 0 saturated carbocycles. The van der Waals surface area contributed by atoms with E-state index in [2.05, 4.69) is 5.32 Å². The van der Waals surface area contributed by atoms with Gasteiger partial charge in [-0.25, -0.2) is 8.42 Å². The van der Waals surface area contributed by atoms with Gasteiger partial charge in [-0.05, 0) is 63.1 Å². The van der Waals surface area contributed by atoms with E-state index in [0.29, 0.717) is 55.7 Å². The van der Waals surface area contributed by atoms with Crippen molar-refractivity contribution in [3.8, 4) is 0 Å². The minimum Gasteiger partial charge on any atom is -0.373 e. The van der Waals surface area contributed by atoms with E-state index in [1.54, 1.807) is 36.4 Å². The van der Waals surface area contributed by atoms with E-state index >= 15 is 0 Å². The maximum Gasteiger partial charge on any atom is 0.261 e. The van der Waals surface area contributed by atoms with Crippen molar-refractivity contribution in [2.75, 3.05) is 25.0 Å². The molecule has 192 valence electrons. The van der Waals surface area contributed by atoms with Crippen LogP contribution in [0.25, 0.3) is 0 Å². The Morgan fingerprint density at radius 1 is 0.917 bits per heavy atom. The molecule has 0 aliphatic carbocycles. The van der Waals surface area contributed by atoms with Crippen LogP contribution in [-0.2, 0) is 19.6 Å². The fourth-order valence-electron chi connectivity index (χ4n) is 4.58. The highest BCUT2D eigenvalue weighted by molar-refractivity contribution is 7.89. The van der Waals surface area contributed by atoms with Crippen molar-refractivity contribution >= 4 is 33.4 Å². The van der Waals surface area contributed by atoms with Gasteiger partial charge in [-0.1, -0.05) is 18.6 Å². The molecule has 4 rings (SSSR count). The van der Waals surface area contributed by atoms with Crippen LogP contribution in [-0.4, -0.2) is 67.2 Å². The third-order valence-electron chi connectivity index (χ3n) is 6.33. The molecule has 2 aromatic carbocycles. The second kappa shape index (κ2) is 10.9. The molecule has 2 atom stereocenters. The third-order valence-corrected chi connectivity index (χ3v) is 8.17. The van der Waals surface area contributed by atoms with Gasteiger partial charge in [-0.3, -0.25) is 19.3 Å². The second-order valence-corrected chi connectivity index (χ2v) is 11.2. The number of ether oxygens (including phenoxy) is 1. The van der Waals surface area contributed by atoms with Gasteiger partial charge in [0, 0.05) is 31.7 Å². The number of amides is 3. The molecule has 1 N–H and O–H groups in total. The largest absolute Gasteiger partial charge is 0.373 e. The molecule has 0 aromatic heterocycles. The molecule has 0 radical (unpaired) electrons. The number of carbonyl (C=O) groups is 3. The Kier molecular flexibility index (Phi) is 7.87. The third kappa shape index (κ3) is 5.66. The van der Waals surface area contributed by atoms with Gasteiger partial charge in [0.1, 0.15) is 0 Å². The highest BCUT2D eigenvalue weighted by Crippen LogP contribution is 2.24. The molecule has 36 heavy (non-hydrogen) atoms. The van der Waals surface area contributed by atoms with Gasteiger partial charge in [-0.15, -0.1) is 0 Å². The molecular formula is C26H31N3O6S. The topological polar surface area (TPSA) is 113 Å². The van der Waals surface area contributed by atoms with Crippen LogP contribution in [0.5, 0.6) is 0 Å². The molecular weight excluding hydrogens is 482 g/mol. The SMILES string of the molecule is C[C@@H]1CN(S(=O)(=O)c2ccc(NC(=O)CCCCCN3C(=O)c4ccccc4C3=O)cc2)C[C@@H](C)O1. The molecule has 2 aliphatic rings. The molecule has 2 heterocycles. The molecule has 1 saturated heterocycles. The molecule has 2 aliphatic heterocycles. The van der Waals surface area contributed by atoms with E-state index in [4.69, 9.17) is 4.74 Å². The van der Waals surface area contributed by atoms with Gasteiger partial charge in [0.25, 0.3) is 11.8 Å². The van der Waals surface area contributed by atoms with E-state index in [1.807, 2.05) is 13.8 Å². The minimum atomic E-state index is -3.64. The summed E-state index contributed by atoms with van der Waals surface area (Å²) in [5.41, 5.74) is 1.40. The summed E-state index contributed by atoms with van der Waals surface area (Å²) in [6.07, 6.45) is 1.85. The Morgan fingerprint density at radius 3 is 2.08 bits per heavy atom. The Hall–Kier alpha value is -3.08. The summed E-state index contributed by atoms with van der Waals surface area (Å²) in [5, 5.41) is 2.79. The number of nitrogens with one attached hydrogen (secondary N) is 1. The first-order valence-electron chi connectivity index (χ1n) is 12.2. The van der Waals surface area contributed by atoms with Crippen molar-refractivity contribution in [1.82, 2.24) is 9.21 Å². The lowest BCUT2D eigenvalue weighted by Gasteiger charge is -2.34. The van der Waals surface area contributed by atoms with Crippen LogP contribution in [0.4, 0.5) is 5.69 Å². The summed E-state index contributed by atoms with van der Waals surface area (Å²) in [5.74, 6) is -0.713. The monoisotopic (exact) mass is 513 g/mol. The van der Waals surface area contributed by atoms with Crippen molar-refractivity contribution in [2.45, 2.75) is 56.6 Å². The van der Waals surface area contributed by atoms with Gasteiger partial charge in [0.05, 0.1) is 28.2 Å². The van der Waals surface area contributed by atoms with E-state index < -0.39 is 10.0 Å². The van der Waals surface area contributed by atoms with Crippen molar-refractivity contribution in [2.24, 2.45) is 0 Å². The number of hydrogen-bond donors (Lipinski definition) is 1. The van der Waals surface area contributed by atoms with Gasteiger partial charge < -0.3 is 10.1 Å². The zero-order chi connectivity index (χ0) is 25.9. The van der Waals surface area contributed by atoms with Gasteiger partial charge >= 0.3 is 0 Å². The Morgan fingerprint density at radius 2 is 1.50 bits per heavy atom. The van der Waals surface area contributed by atoms with E-state index in [-0.39, 0.29) is 41.2 Å². The first-order valence-corrected chi connectivity index (χ1v) is 13.6. The summed E-state index contributed by atoms with van der Waals surface area (Å²) >= 11 is 0. The molecule has 1 fully saturated rings. The highest BCUT2D eigenvalue weighted by atomic mass is 32.2. The lowest BCUT2D eigenvalue weighted by Crippen LogP contribution is -2.48. The lowest BCUT2D eigenvalue weighted by atomic mass is 10.1. The molecule has 9 nitrogen and oxygen atoms in total. The lowest BCUT2D eigenvalue weighted by molar-refractivity contribution is -0.116. The average Bonchev–Trinajstić information content (AvgIpc) is 3.08. The molecule has 3 amide bonds. The van der Waals surface area contributed by atoms with Crippen LogP contribution < -0.4 is 5.32 Å². The highest BCUT2D eigenvalue weighted by Gasteiger charge is 2.34. The molecule has 10 heteroatoms. The molecule has 0 bridgehead atoms. The fraction of sp³-hybridized carbons (Fsp3) is 0.423. The second-order valence-electron chi connectivity index (χ2n) is 9.27. The number of sulfonamides is 1. The van der Waals surface area contributed by atoms with Crippen LogP contribution in [0.2, 0.25) is 0 Å². The number of rotatable bonds is 9. The van der Waals surface area contributed by atoms with Gasteiger partial charge in [0.2, 0.25) is 15.9 Å². The predicted octanol–water partition coefficient (Wildman–Crippen LogP) is 3.28. The predicted molar refractivity (Wildman–Crippen MR) is 134 cm³/mol. The van der Waals surface area contributed by atoms with Crippen molar-refractivity contribution < 1.29 is 27.5 Å². The zero-order valence-corrected chi connectivity index (χ0v) is 21.3. The first-order chi connectivity index (χ1) is 17.2. The Labute approximate surface area is 211 Å². The Balaban J connectivity index is 1.21. The van der Waals surface area contributed by atoms with Crippen LogP contribution in [0.15, 0.2) is 53.4 Å². The van der Waals surface area contributed by atoms with Crippen LogP contribution in [0.3, 0.4) is 0 Å². The van der Waals surface area contributed by atoms with E-state index in [0.717, 1.165) is 0 Å².